The predicted octanol–water partition coefficient (Wildman–Crippen LogP) is 6.36. The summed E-state index contributed by atoms with van der Waals surface area (Å²) in [6, 6.07) is 25.0. The Bertz CT molecular complexity index is 1250. The highest BCUT2D eigenvalue weighted by atomic mass is 32.2. The minimum atomic E-state index is -0.609. The molecule has 1 unspecified atom stereocenters. The molecule has 4 aromatic rings. The van der Waals surface area contributed by atoms with Gasteiger partial charge >= 0.3 is 5.97 Å². The molecule has 3 aromatic carbocycles. The Morgan fingerprint density at radius 2 is 1.70 bits per heavy atom. The number of anilines is 2. The molecule has 1 aliphatic rings. The molecule has 33 heavy (non-hydrogen) atoms. The standard InChI is InChI=1S/C27H25NO4S/c1-3-31-24(27(29)30-2)15-18-12-13-23-19(14-18)16-20(32-23)17-28-21-8-4-6-10-25(21)33-26-11-7-5-9-22(26)28/h4-14,16,24H,3,15,17H2,1-2H3. The maximum absolute atomic E-state index is 12.0. The molecule has 0 amide bonds. The van der Waals surface area contributed by atoms with Crippen molar-refractivity contribution in [2.45, 2.75) is 35.8 Å². The van der Waals surface area contributed by atoms with Gasteiger partial charge in [-0.15, -0.1) is 0 Å². The van der Waals surface area contributed by atoms with Crippen molar-refractivity contribution in [1.82, 2.24) is 0 Å². The molecule has 0 saturated heterocycles. The van der Waals surface area contributed by atoms with Crippen molar-refractivity contribution in [3.63, 3.8) is 0 Å². The summed E-state index contributed by atoms with van der Waals surface area (Å²) >= 11 is 1.80. The Morgan fingerprint density at radius 1 is 1.00 bits per heavy atom. The van der Waals surface area contributed by atoms with Crippen molar-refractivity contribution >= 4 is 40.1 Å². The van der Waals surface area contributed by atoms with Gasteiger partial charge in [-0.3, -0.25) is 0 Å². The lowest BCUT2D eigenvalue weighted by Gasteiger charge is -2.32. The number of esters is 1. The van der Waals surface area contributed by atoms with Crippen LogP contribution < -0.4 is 4.90 Å². The van der Waals surface area contributed by atoms with E-state index in [9.17, 15) is 4.79 Å². The van der Waals surface area contributed by atoms with Crippen LogP contribution in [-0.2, 0) is 27.2 Å². The average Bonchev–Trinajstić information content (AvgIpc) is 3.25. The van der Waals surface area contributed by atoms with Crippen LogP contribution in [0.1, 0.15) is 18.2 Å². The van der Waals surface area contributed by atoms with Crippen molar-refractivity contribution in [3.05, 3.63) is 84.1 Å². The molecule has 0 spiro atoms. The van der Waals surface area contributed by atoms with Gasteiger partial charge in [0.2, 0.25) is 0 Å². The van der Waals surface area contributed by atoms with Crippen molar-refractivity contribution in [2.24, 2.45) is 0 Å². The van der Waals surface area contributed by atoms with Gasteiger partial charge < -0.3 is 18.8 Å². The third kappa shape index (κ3) is 4.36. The van der Waals surface area contributed by atoms with Gasteiger partial charge in [0.1, 0.15) is 11.3 Å². The minimum absolute atomic E-state index is 0.356. The molecule has 5 nitrogen and oxygen atoms in total. The molecule has 1 aromatic heterocycles. The molecule has 2 heterocycles. The molecule has 0 bridgehead atoms. The third-order valence-corrected chi connectivity index (χ3v) is 6.86. The molecule has 0 saturated carbocycles. The number of carbonyl (C=O) groups is 1. The Kier molecular flexibility index (Phi) is 6.11. The highest BCUT2D eigenvalue weighted by Gasteiger charge is 2.24. The number of benzene rings is 3. The van der Waals surface area contributed by atoms with Crippen molar-refractivity contribution in [1.29, 1.82) is 0 Å². The Hall–Kier alpha value is -3.22. The highest BCUT2D eigenvalue weighted by Crippen LogP contribution is 2.48. The van der Waals surface area contributed by atoms with Crippen molar-refractivity contribution in [2.75, 3.05) is 18.6 Å². The summed E-state index contributed by atoms with van der Waals surface area (Å²) in [7, 11) is 1.38. The molecule has 0 aliphatic carbocycles. The lowest BCUT2D eigenvalue weighted by Crippen LogP contribution is -2.28. The van der Waals surface area contributed by atoms with Gasteiger partial charge in [0.05, 0.1) is 25.0 Å². The number of nitrogens with zero attached hydrogens (tertiary/aromatic N) is 1. The maximum Gasteiger partial charge on any atom is 0.335 e. The molecule has 0 fully saturated rings. The number of rotatable bonds is 7. The first kappa shape index (κ1) is 21.6. The fraction of sp³-hybridized carbons (Fsp3) is 0.222. The third-order valence-electron chi connectivity index (χ3n) is 5.73. The molecule has 168 valence electrons. The van der Waals surface area contributed by atoms with E-state index in [0.717, 1.165) is 22.3 Å². The molecule has 6 heteroatoms. The van der Waals surface area contributed by atoms with Gasteiger partial charge in [0.25, 0.3) is 0 Å². The Morgan fingerprint density at radius 3 is 2.36 bits per heavy atom. The van der Waals surface area contributed by atoms with Crippen LogP contribution in [0.25, 0.3) is 11.0 Å². The summed E-state index contributed by atoms with van der Waals surface area (Å²) in [5.74, 6) is 0.526. The Balaban J connectivity index is 1.43. The molecule has 5 rings (SSSR count). The second kappa shape index (κ2) is 9.33. The van der Waals surface area contributed by atoms with Crippen molar-refractivity contribution < 1.29 is 18.7 Å². The van der Waals surface area contributed by atoms with Crippen LogP contribution in [-0.4, -0.2) is 25.8 Å². The van der Waals surface area contributed by atoms with Gasteiger partial charge in [0.15, 0.2) is 6.10 Å². The molecular weight excluding hydrogens is 434 g/mol. The van der Waals surface area contributed by atoms with Crippen LogP contribution in [0, 0.1) is 0 Å². The number of carbonyl (C=O) groups excluding carboxylic acids is 1. The van der Waals surface area contributed by atoms with E-state index >= 15 is 0 Å². The average molecular weight is 460 g/mol. The number of furan rings is 1. The maximum atomic E-state index is 12.0. The summed E-state index contributed by atoms with van der Waals surface area (Å²) in [4.78, 5) is 16.8. The van der Waals surface area contributed by atoms with Gasteiger partial charge in [-0.25, -0.2) is 4.79 Å². The number of fused-ring (bicyclic) bond motifs is 3. The second-order valence-corrected chi connectivity index (χ2v) is 8.96. The molecule has 0 radical (unpaired) electrons. The zero-order valence-electron chi connectivity index (χ0n) is 18.6. The van der Waals surface area contributed by atoms with E-state index in [2.05, 4.69) is 65.6 Å². The largest absolute Gasteiger partial charge is 0.467 e. The van der Waals surface area contributed by atoms with Crippen LogP contribution in [0.4, 0.5) is 11.4 Å². The first-order valence-corrected chi connectivity index (χ1v) is 11.8. The minimum Gasteiger partial charge on any atom is -0.467 e. The number of methoxy groups -OCH3 is 1. The quantitative estimate of drug-likeness (QED) is 0.300. The van der Waals surface area contributed by atoms with E-state index in [1.807, 2.05) is 19.1 Å². The first-order chi connectivity index (χ1) is 16.2. The summed E-state index contributed by atoms with van der Waals surface area (Å²) < 4.78 is 16.7. The summed E-state index contributed by atoms with van der Waals surface area (Å²) in [6.07, 6.45) is -0.149. The van der Waals surface area contributed by atoms with Crippen LogP contribution in [0.5, 0.6) is 0 Å². The molecule has 1 atom stereocenters. The summed E-state index contributed by atoms with van der Waals surface area (Å²) in [5, 5.41) is 1.01. The molecule has 0 N–H and O–H groups in total. The van der Waals surface area contributed by atoms with E-state index in [-0.39, 0.29) is 5.97 Å². The number of hydrogen-bond donors (Lipinski definition) is 0. The topological polar surface area (TPSA) is 51.9 Å². The Labute approximate surface area is 197 Å². The first-order valence-electron chi connectivity index (χ1n) is 11.0. The van der Waals surface area contributed by atoms with Gasteiger partial charge in [-0.1, -0.05) is 42.1 Å². The fourth-order valence-corrected chi connectivity index (χ4v) is 5.31. The van der Waals surface area contributed by atoms with E-state index in [4.69, 9.17) is 13.9 Å². The normalized spacial score (nSPS) is 13.5. The lowest BCUT2D eigenvalue weighted by molar-refractivity contribution is -0.153. The predicted molar refractivity (Wildman–Crippen MR) is 130 cm³/mol. The number of para-hydroxylation sites is 2. The van der Waals surface area contributed by atoms with Crippen LogP contribution >= 0.6 is 11.8 Å². The van der Waals surface area contributed by atoms with E-state index in [0.29, 0.717) is 19.6 Å². The summed E-state index contributed by atoms with van der Waals surface area (Å²) in [5.41, 5.74) is 4.19. The van der Waals surface area contributed by atoms with Gasteiger partial charge in [0, 0.05) is 28.2 Å². The van der Waals surface area contributed by atoms with Crippen LogP contribution in [0.3, 0.4) is 0 Å². The zero-order chi connectivity index (χ0) is 22.8. The van der Waals surface area contributed by atoms with E-state index in [1.54, 1.807) is 11.8 Å². The lowest BCUT2D eigenvalue weighted by atomic mass is 10.1. The van der Waals surface area contributed by atoms with Crippen LogP contribution in [0.15, 0.2) is 87.0 Å². The van der Waals surface area contributed by atoms with E-state index < -0.39 is 6.10 Å². The van der Waals surface area contributed by atoms with Gasteiger partial charge in [-0.2, -0.15) is 0 Å². The number of ether oxygens (including phenoxy) is 2. The van der Waals surface area contributed by atoms with E-state index in [1.165, 1.54) is 28.3 Å². The molecule has 1 aliphatic heterocycles. The fourth-order valence-electron chi connectivity index (χ4n) is 4.22. The molecular formula is C27H25NO4S. The van der Waals surface area contributed by atoms with Gasteiger partial charge in [-0.05, 0) is 55.0 Å². The smallest absolute Gasteiger partial charge is 0.335 e. The number of hydrogen-bond acceptors (Lipinski definition) is 6. The highest BCUT2D eigenvalue weighted by molar-refractivity contribution is 7.99. The zero-order valence-corrected chi connectivity index (χ0v) is 19.4. The SMILES string of the molecule is CCOC(Cc1ccc2oc(CN3c4ccccc4Sc4ccccc43)cc2c1)C(=O)OC. The van der Waals surface area contributed by atoms with Crippen LogP contribution in [0.2, 0.25) is 0 Å². The van der Waals surface area contributed by atoms with Crippen molar-refractivity contribution in [3.8, 4) is 0 Å². The monoisotopic (exact) mass is 459 g/mol. The second-order valence-electron chi connectivity index (χ2n) is 7.88. The summed E-state index contributed by atoms with van der Waals surface area (Å²) in [6.45, 7) is 2.95.